The van der Waals surface area contributed by atoms with Gasteiger partial charge < -0.3 is 26.2 Å². The predicted molar refractivity (Wildman–Crippen MR) is 154 cm³/mol. The van der Waals surface area contributed by atoms with Crippen LogP contribution in [0.1, 0.15) is 85.0 Å². The Hall–Kier alpha value is -3.19. The maximum absolute atomic E-state index is 14.2. The molecule has 5 aliphatic rings. The number of alkyl halides is 3. The zero-order valence-electron chi connectivity index (χ0n) is 26.1. The lowest BCUT2D eigenvalue weighted by atomic mass is 9.85. The highest BCUT2D eigenvalue weighted by atomic mass is 19.4. The molecule has 0 aromatic carbocycles. The van der Waals surface area contributed by atoms with Crippen LogP contribution in [0.5, 0.6) is 0 Å². The van der Waals surface area contributed by atoms with Crippen molar-refractivity contribution in [1.29, 1.82) is 0 Å². The van der Waals surface area contributed by atoms with Crippen molar-refractivity contribution in [2.45, 2.75) is 115 Å². The van der Waals surface area contributed by atoms with Gasteiger partial charge in [-0.3, -0.25) is 28.8 Å². The van der Waals surface area contributed by atoms with Crippen LogP contribution in [0.4, 0.5) is 13.2 Å². The molecule has 0 radical (unpaired) electrons. The fraction of sp³-hybridized carbons (Fsp3) is 0.806. The number of ketones is 1. The zero-order valence-corrected chi connectivity index (χ0v) is 26.1. The Morgan fingerprint density at radius 2 is 1.64 bits per heavy atom. The maximum Gasteiger partial charge on any atom is 0.471 e. The summed E-state index contributed by atoms with van der Waals surface area (Å²) in [6.07, 6.45) is 1.79. The van der Waals surface area contributed by atoms with Crippen molar-refractivity contribution in [2.24, 2.45) is 28.6 Å². The first-order valence-electron chi connectivity index (χ1n) is 16.1. The topological polar surface area (TPSA) is 154 Å². The van der Waals surface area contributed by atoms with E-state index in [-0.39, 0.29) is 42.2 Å². The summed E-state index contributed by atoms with van der Waals surface area (Å²) in [6, 6.07) is -4.16. The standard InChI is InChI=1S/C31H44F3N5O6/c1-29(2,3)23(38-28(45)31(32,33)34)27(44)39-15-19-18(8-10-30(19)11-12-30)21(39)25(42)37-20(14-16-9-13-35-24(16)41)22(40)26(43)36-17-6-4-5-7-17/h16-21,23H,4-15H2,1-3H3,(H,35,41)(H,36,43)(H,37,42)(H,38,45)/t16-,18+,19+,20-,21+,23?/m0/s1. The normalized spacial score (nSPS) is 28.8. The second kappa shape index (κ2) is 12.2. The van der Waals surface area contributed by atoms with Gasteiger partial charge in [0.2, 0.25) is 23.5 Å². The van der Waals surface area contributed by atoms with Gasteiger partial charge >= 0.3 is 12.1 Å². The highest BCUT2D eigenvalue weighted by molar-refractivity contribution is 6.38. The van der Waals surface area contributed by atoms with E-state index in [0.717, 1.165) is 44.9 Å². The molecular formula is C31H44F3N5O6. The third-order valence-electron chi connectivity index (χ3n) is 10.7. The number of hydrogen-bond acceptors (Lipinski definition) is 6. The Labute approximate surface area is 260 Å². The molecule has 5 rings (SSSR count). The average Bonchev–Trinajstić information content (AvgIpc) is 3.31. The van der Waals surface area contributed by atoms with Crippen molar-refractivity contribution in [1.82, 2.24) is 26.2 Å². The third-order valence-corrected chi connectivity index (χ3v) is 10.7. The molecule has 5 amide bonds. The number of Topliss-reactive ketones (excluding diaryl/α,β-unsaturated/α-hetero) is 1. The molecule has 6 atom stereocenters. The Bertz CT molecular complexity index is 1240. The maximum atomic E-state index is 14.2. The predicted octanol–water partition coefficient (Wildman–Crippen LogP) is 1.74. The number of nitrogens with one attached hydrogen (secondary N) is 4. The first-order valence-corrected chi connectivity index (χ1v) is 16.1. The number of fused-ring (bicyclic) bond motifs is 2. The van der Waals surface area contributed by atoms with E-state index in [1.54, 1.807) is 0 Å². The SMILES string of the molecule is CC(C)(C)C(NC(=O)C(F)(F)F)C(=O)N1C[C@@H]2[C@@H](CCC23CC3)[C@@H]1C(=O)N[C@@H](C[C@@H]1CCNC1=O)C(=O)C(=O)NC1CCCC1. The summed E-state index contributed by atoms with van der Waals surface area (Å²) in [5, 5.41) is 10.0. The smallest absolute Gasteiger partial charge is 0.356 e. The Morgan fingerprint density at radius 3 is 2.20 bits per heavy atom. The van der Waals surface area contributed by atoms with Crippen molar-refractivity contribution < 1.29 is 41.9 Å². The fourth-order valence-electron chi connectivity index (χ4n) is 8.06. The fourth-order valence-corrected chi connectivity index (χ4v) is 8.06. The molecule has 2 heterocycles. The summed E-state index contributed by atoms with van der Waals surface area (Å²) in [7, 11) is 0. The van der Waals surface area contributed by atoms with Crippen molar-refractivity contribution in [2.75, 3.05) is 13.1 Å². The highest BCUT2D eigenvalue weighted by Crippen LogP contribution is 2.66. The van der Waals surface area contributed by atoms with Gasteiger partial charge in [-0.05, 0) is 74.0 Å². The minimum absolute atomic E-state index is 0.0387. The van der Waals surface area contributed by atoms with Crippen LogP contribution < -0.4 is 21.3 Å². The summed E-state index contributed by atoms with van der Waals surface area (Å²) >= 11 is 0. The minimum Gasteiger partial charge on any atom is -0.356 e. The number of nitrogens with zero attached hydrogens (tertiary/aromatic N) is 1. The summed E-state index contributed by atoms with van der Waals surface area (Å²) < 4.78 is 39.8. The number of hydrogen-bond donors (Lipinski definition) is 4. The van der Waals surface area contributed by atoms with Gasteiger partial charge in [0.15, 0.2) is 0 Å². The van der Waals surface area contributed by atoms with E-state index in [4.69, 9.17) is 0 Å². The lowest BCUT2D eigenvalue weighted by Crippen LogP contribution is -2.61. The Morgan fingerprint density at radius 1 is 0.978 bits per heavy atom. The van der Waals surface area contributed by atoms with E-state index in [2.05, 4.69) is 16.0 Å². The second-order valence-electron chi connectivity index (χ2n) is 14.8. The van der Waals surface area contributed by atoms with E-state index in [1.165, 1.54) is 25.7 Å². The van der Waals surface area contributed by atoms with Crippen LogP contribution in [0.3, 0.4) is 0 Å². The van der Waals surface area contributed by atoms with E-state index in [9.17, 15) is 41.9 Å². The second-order valence-corrected chi connectivity index (χ2v) is 14.8. The number of halogens is 3. The molecule has 1 unspecified atom stereocenters. The van der Waals surface area contributed by atoms with E-state index in [0.29, 0.717) is 19.4 Å². The van der Waals surface area contributed by atoms with Gasteiger partial charge in [0, 0.05) is 25.0 Å². The largest absolute Gasteiger partial charge is 0.471 e. The van der Waals surface area contributed by atoms with Crippen LogP contribution in [-0.2, 0) is 28.8 Å². The summed E-state index contributed by atoms with van der Waals surface area (Å²) in [6.45, 7) is 5.14. The molecule has 11 nitrogen and oxygen atoms in total. The average molecular weight is 640 g/mol. The highest BCUT2D eigenvalue weighted by Gasteiger charge is 2.64. The van der Waals surface area contributed by atoms with Crippen LogP contribution in [0.15, 0.2) is 0 Å². The number of rotatable bonds is 9. The van der Waals surface area contributed by atoms with E-state index >= 15 is 0 Å². The summed E-state index contributed by atoms with van der Waals surface area (Å²) in [5.74, 6) is -6.70. The summed E-state index contributed by atoms with van der Waals surface area (Å²) in [5.41, 5.74) is -1.16. The van der Waals surface area contributed by atoms with Gasteiger partial charge in [0.05, 0.1) is 6.04 Å². The van der Waals surface area contributed by atoms with Crippen molar-refractivity contribution >= 4 is 35.3 Å². The molecule has 1 spiro atoms. The van der Waals surface area contributed by atoms with Gasteiger partial charge in [-0.1, -0.05) is 33.6 Å². The third kappa shape index (κ3) is 6.84. The lowest BCUT2D eigenvalue weighted by Gasteiger charge is -2.36. The number of amides is 5. The van der Waals surface area contributed by atoms with Crippen LogP contribution in [0.25, 0.3) is 0 Å². The van der Waals surface area contributed by atoms with Gasteiger partial charge in [-0.25, -0.2) is 0 Å². The van der Waals surface area contributed by atoms with Gasteiger partial charge in [0.25, 0.3) is 5.91 Å². The molecule has 250 valence electrons. The monoisotopic (exact) mass is 639 g/mol. The van der Waals surface area contributed by atoms with Crippen LogP contribution in [0, 0.1) is 28.6 Å². The molecule has 14 heteroatoms. The van der Waals surface area contributed by atoms with E-state index in [1.807, 2.05) is 5.32 Å². The van der Waals surface area contributed by atoms with Crippen molar-refractivity contribution in [3.63, 3.8) is 0 Å². The number of likely N-dealkylation sites (tertiary alicyclic amines) is 1. The molecular weight excluding hydrogens is 595 g/mol. The molecule has 2 aliphatic heterocycles. The molecule has 4 N–H and O–H groups in total. The minimum atomic E-state index is -5.21. The molecule has 0 aromatic heterocycles. The Balaban J connectivity index is 1.41. The quantitative estimate of drug-likeness (QED) is 0.282. The van der Waals surface area contributed by atoms with Crippen LogP contribution in [-0.4, -0.2) is 83.7 Å². The zero-order chi connectivity index (χ0) is 32.9. The molecule has 0 bridgehead atoms. The molecule has 3 saturated carbocycles. The first-order chi connectivity index (χ1) is 21.0. The molecule has 2 saturated heterocycles. The molecule has 45 heavy (non-hydrogen) atoms. The van der Waals surface area contributed by atoms with Gasteiger partial charge in [-0.2, -0.15) is 13.2 Å². The summed E-state index contributed by atoms with van der Waals surface area (Å²) in [4.78, 5) is 80.4. The molecule has 0 aromatic rings. The lowest BCUT2D eigenvalue weighted by molar-refractivity contribution is -0.176. The molecule has 5 fully saturated rings. The van der Waals surface area contributed by atoms with E-state index < -0.39 is 65.0 Å². The van der Waals surface area contributed by atoms with Crippen molar-refractivity contribution in [3.8, 4) is 0 Å². The van der Waals surface area contributed by atoms with Crippen LogP contribution in [0.2, 0.25) is 0 Å². The van der Waals surface area contributed by atoms with Crippen LogP contribution >= 0.6 is 0 Å². The number of carbonyl (C=O) groups is 6. The number of carbonyl (C=O) groups excluding carboxylic acids is 6. The van der Waals surface area contributed by atoms with Gasteiger partial charge in [0.1, 0.15) is 12.1 Å². The first kappa shape index (κ1) is 33.2. The van der Waals surface area contributed by atoms with Gasteiger partial charge in [-0.15, -0.1) is 0 Å². The van der Waals surface area contributed by atoms with Crippen molar-refractivity contribution in [3.05, 3.63) is 0 Å². The molecule has 3 aliphatic carbocycles. The Kier molecular flexibility index (Phi) is 9.00.